The number of hydrogen-bond donors (Lipinski definition) is 2. The maximum atomic E-state index is 11.8. The Hall–Kier alpha value is -2.88. The van der Waals surface area contributed by atoms with E-state index in [2.05, 4.69) is 15.6 Å². The highest BCUT2D eigenvalue weighted by atomic mass is 16.5. The summed E-state index contributed by atoms with van der Waals surface area (Å²) in [5, 5.41) is 14.2. The Morgan fingerprint density at radius 3 is 3.00 bits per heavy atom. The molecule has 7 heteroatoms. The molecule has 96 valence electrons. The van der Waals surface area contributed by atoms with Crippen LogP contribution in [0.5, 0.6) is 0 Å². The van der Waals surface area contributed by atoms with Crippen molar-refractivity contribution in [3.8, 4) is 6.07 Å². The van der Waals surface area contributed by atoms with Crippen molar-refractivity contribution in [3.63, 3.8) is 0 Å². The number of rotatable bonds is 2. The van der Waals surface area contributed by atoms with Gasteiger partial charge in [0.2, 0.25) is 0 Å². The molecule has 1 aromatic rings. The van der Waals surface area contributed by atoms with Crippen LogP contribution >= 0.6 is 0 Å². The van der Waals surface area contributed by atoms with Crippen LogP contribution in [0.3, 0.4) is 0 Å². The Bertz CT molecular complexity index is 616. The SMILES string of the molecule is CCOC(=O)/C(C#N)=C1/Nc2cccnc2NC1=O. The number of pyridine rings is 1. The van der Waals surface area contributed by atoms with Crippen LogP contribution in [0.25, 0.3) is 0 Å². The summed E-state index contributed by atoms with van der Waals surface area (Å²) >= 11 is 0. The summed E-state index contributed by atoms with van der Waals surface area (Å²) in [6, 6.07) is 5.01. The van der Waals surface area contributed by atoms with Crippen molar-refractivity contribution in [2.45, 2.75) is 6.92 Å². The fourth-order valence-corrected chi connectivity index (χ4v) is 1.55. The summed E-state index contributed by atoms with van der Waals surface area (Å²) in [7, 11) is 0. The number of carbonyl (C=O) groups is 2. The van der Waals surface area contributed by atoms with Crippen molar-refractivity contribution in [1.29, 1.82) is 5.26 Å². The molecule has 0 aliphatic carbocycles. The lowest BCUT2D eigenvalue weighted by atomic mass is 10.1. The molecule has 0 aromatic carbocycles. The lowest BCUT2D eigenvalue weighted by Gasteiger charge is -2.20. The number of esters is 1. The van der Waals surface area contributed by atoms with E-state index >= 15 is 0 Å². The maximum absolute atomic E-state index is 11.8. The maximum Gasteiger partial charge on any atom is 0.351 e. The van der Waals surface area contributed by atoms with Gasteiger partial charge < -0.3 is 15.4 Å². The molecular weight excluding hydrogens is 248 g/mol. The van der Waals surface area contributed by atoms with Crippen molar-refractivity contribution < 1.29 is 14.3 Å². The molecule has 0 radical (unpaired) electrons. The topological polar surface area (TPSA) is 104 Å². The van der Waals surface area contributed by atoms with Crippen molar-refractivity contribution in [2.75, 3.05) is 17.2 Å². The highest BCUT2D eigenvalue weighted by Crippen LogP contribution is 2.26. The fourth-order valence-electron chi connectivity index (χ4n) is 1.55. The minimum atomic E-state index is -0.838. The number of carbonyl (C=O) groups excluding carboxylic acids is 2. The molecule has 0 atom stereocenters. The molecule has 0 saturated carbocycles. The summed E-state index contributed by atoms with van der Waals surface area (Å²) in [5.41, 5.74) is 0.00412. The van der Waals surface area contributed by atoms with E-state index in [1.54, 1.807) is 25.1 Å². The van der Waals surface area contributed by atoms with Gasteiger partial charge in [-0.05, 0) is 19.1 Å². The average molecular weight is 258 g/mol. The summed E-state index contributed by atoms with van der Waals surface area (Å²) in [6.45, 7) is 1.74. The van der Waals surface area contributed by atoms with Gasteiger partial charge in [-0.3, -0.25) is 4.79 Å². The average Bonchev–Trinajstić information content (AvgIpc) is 2.40. The van der Waals surface area contributed by atoms with Crippen molar-refractivity contribution >= 4 is 23.4 Å². The first-order valence-electron chi connectivity index (χ1n) is 5.52. The molecule has 1 aliphatic heterocycles. The zero-order chi connectivity index (χ0) is 13.8. The zero-order valence-electron chi connectivity index (χ0n) is 10.1. The van der Waals surface area contributed by atoms with Crippen LogP contribution in [0.4, 0.5) is 11.5 Å². The normalized spacial score (nSPS) is 15.5. The molecular formula is C12H10N4O3. The third-order valence-corrected chi connectivity index (χ3v) is 2.37. The fraction of sp³-hybridized carbons (Fsp3) is 0.167. The minimum Gasteiger partial charge on any atom is -0.462 e. The van der Waals surface area contributed by atoms with Crippen LogP contribution in [0.15, 0.2) is 29.6 Å². The Kier molecular flexibility index (Phi) is 3.43. The molecule has 1 amide bonds. The molecule has 19 heavy (non-hydrogen) atoms. The van der Waals surface area contributed by atoms with Gasteiger partial charge in [-0.25, -0.2) is 9.78 Å². The molecule has 2 rings (SSSR count). The number of nitrogens with one attached hydrogen (secondary N) is 2. The van der Waals surface area contributed by atoms with Crippen LogP contribution in [0, 0.1) is 11.3 Å². The van der Waals surface area contributed by atoms with Gasteiger partial charge in [0, 0.05) is 6.20 Å². The lowest BCUT2D eigenvalue weighted by molar-refractivity contribution is -0.138. The van der Waals surface area contributed by atoms with Crippen LogP contribution in [-0.4, -0.2) is 23.5 Å². The number of nitrogens with zero attached hydrogens (tertiary/aromatic N) is 2. The predicted molar refractivity (Wildman–Crippen MR) is 65.8 cm³/mol. The molecule has 0 bridgehead atoms. The van der Waals surface area contributed by atoms with E-state index < -0.39 is 11.9 Å². The molecule has 1 aromatic heterocycles. The summed E-state index contributed by atoms with van der Waals surface area (Å²) < 4.78 is 4.73. The van der Waals surface area contributed by atoms with Gasteiger partial charge in [-0.1, -0.05) is 0 Å². The largest absolute Gasteiger partial charge is 0.462 e. The highest BCUT2D eigenvalue weighted by Gasteiger charge is 2.27. The van der Waals surface area contributed by atoms with E-state index in [4.69, 9.17) is 10.00 Å². The molecule has 2 N–H and O–H groups in total. The van der Waals surface area contributed by atoms with Crippen molar-refractivity contribution in [1.82, 2.24) is 4.98 Å². The van der Waals surface area contributed by atoms with E-state index in [1.165, 1.54) is 6.20 Å². The highest BCUT2D eigenvalue weighted by molar-refractivity contribution is 6.15. The number of hydrogen-bond acceptors (Lipinski definition) is 6. The van der Waals surface area contributed by atoms with Crippen LogP contribution in [0.1, 0.15) is 6.92 Å². The number of aromatic nitrogens is 1. The second-order valence-electron chi connectivity index (χ2n) is 3.56. The van der Waals surface area contributed by atoms with Gasteiger partial charge in [0.05, 0.1) is 12.3 Å². The van der Waals surface area contributed by atoms with E-state index in [1.807, 2.05) is 0 Å². The van der Waals surface area contributed by atoms with Gasteiger partial charge >= 0.3 is 5.97 Å². The van der Waals surface area contributed by atoms with Gasteiger partial charge in [-0.15, -0.1) is 0 Å². The van der Waals surface area contributed by atoms with Crippen LogP contribution in [0.2, 0.25) is 0 Å². The Labute approximate surface area is 108 Å². The molecule has 0 unspecified atom stereocenters. The zero-order valence-corrected chi connectivity index (χ0v) is 10.1. The number of nitriles is 1. The Morgan fingerprint density at radius 1 is 1.53 bits per heavy atom. The second kappa shape index (κ2) is 5.18. The van der Waals surface area contributed by atoms with Crippen LogP contribution < -0.4 is 10.6 Å². The third-order valence-electron chi connectivity index (χ3n) is 2.37. The minimum absolute atomic E-state index is 0.122. The third kappa shape index (κ3) is 2.37. The summed E-state index contributed by atoms with van der Waals surface area (Å²) in [4.78, 5) is 27.4. The van der Waals surface area contributed by atoms with Gasteiger partial charge in [-0.2, -0.15) is 5.26 Å². The number of ether oxygens (including phenoxy) is 1. The molecule has 2 heterocycles. The first kappa shape index (κ1) is 12.6. The van der Waals surface area contributed by atoms with E-state index in [0.717, 1.165) is 0 Å². The monoisotopic (exact) mass is 258 g/mol. The Balaban J connectivity index is 2.43. The summed E-state index contributed by atoms with van der Waals surface area (Å²) in [6.07, 6.45) is 1.52. The molecule has 0 fully saturated rings. The quantitative estimate of drug-likeness (QED) is 0.461. The van der Waals surface area contributed by atoms with Crippen molar-refractivity contribution in [3.05, 3.63) is 29.6 Å². The molecule has 7 nitrogen and oxygen atoms in total. The van der Waals surface area contributed by atoms with Gasteiger partial charge in [0.25, 0.3) is 5.91 Å². The first-order valence-corrected chi connectivity index (χ1v) is 5.52. The number of amides is 1. The molecule has 0 saturated heterocycles. The second-order valence-corrected chi connectivity index (χ2v) is 3.56. The predicted octanol–water partition coefficient (Wildman–Crippen LogP) is 0.786. The smallest absolute Gasteiger partial charge is 0.351 e. The Morgan fingerprint density at radius 2 is 2.32 bits per heavy atom. The van der Waals surface area contributed by atoms with Gasteiger partial charge in [0.1, 0.15) is 11.8 Å². The summed E-state index contributed by atoms with van der Waals surface area (Å²) in [5.74, 6) is -1.09. The first-order chi connectivity index (χ1) is 9.17. The van der Waals surface area contributed by atoms with Gasteiger partial charge in [0.15, 0.2) is 11.4 Å². The standard InChI is InChI=1S/C12H10N4O3/c1-2-19-12(18)7(6-13)9-11(17)16-10-8(15-9)4-3-5-14-10/h3-5,15H,2H2,1H3,(H,14,16,17)/b9-7+. The lowest BCUT2D eigenvalue weighted by Crippen LogP contribution is -2.29. The number of fused-ring (bicyclic) bond motifs is 1. The van der Waals surface area contributed by atoms with E-state index in [0.29, 0.717) is 11.5 Å². The van der Waals surface area contributed by atoms with E-state index in [9.17, 15) is 9.59 Å². The molecule has 0 spiro atoms. The van der Waals surface area contributed by atoms with E-state index in [-0.39, 0.29) is 17.9 Å². The van der Waals surface area contributed by atoms with Crippen molar-refractivity contribution in [2.24, 2.45) is 0 Å². The van der Waals surface area contributed by atoms with Crippen LogP contribution in [-0.2, 0) is 14.3 Å². The molecule has 1 aliphatic rings. The number of anilines is 2.